The summed E-state index contributed by atoms with van der Waals surface area (Å²) in [6.45, 7) is 6.85. The lowest BCUT2D eigenvalue weighted by atomic mass is 9.97. The van der Waals surface area contributed by atoms with Crippen molar-refractivity contribution in [3.05, 3.63) is 120 Å². The largest absolute Gasteiger partial charge is 0.392 e. The second-order valence-electron chi connectivity index (χ2n) is 15.4. The summed E-state index contributed by atoms with van der Waals surface area (Å²) in [6, 6.07) is 5.37. The molecule has 2 amide bonds. The van der Waals surface area contributed by atoms with Gasteiger partial charge in [-0.3, -0.25) is 9.59 Å². The van der Waals surface area contributed by atoms with Gasteiger partial charge in [-0.2, -0.15) is 0 Å². The van der Waals surface area contributed by atoms with Crippen molar-refractivity contribution in [2.24, 2.45) is 0 Å². The Kier molecular flexibility index (Phi) is 22.4. The number of allylic oxidation sites excluding steroid dienone is 12. The molecule has 1 aliphatic rings. The smallest absolute Gasteiger partial charge is 0.239 e. The monoisotopic (exact) mass is 859 g/mol. The summed E-state index contributed by atoms with van der Waals surface area (Å²) in [7, 11) is -2.34. The molecule has 11 nitrogen and oxygen atoms in total. The minimum Gasteiger partial charge on any atom is -0.392 e. The Hall–Kier alpha value is -4.98. The van der Waals surface area contributed by atoms with Gasteiger partial charge in [0.1, 0.15) is 5.82 Å². The van der Waals surface area contributed by atoms with Crippen LogP contribution in [0.5, 0.6) is 0 Å². The summed E-state index contributed by atoms with van der Waals surface area (Å²) in [5.74, 6) is -1.03. The van der Waals surface area contributed by atoms with E-state index < -0.39 is 28.0 Å². The van der Waals surface area contributed by atoms with Crippen molar-refractivity contribution in [3.8, 4) is 11.3 Å². The van der Waals surface area contributed by atoms with E-state index in [1.54, 1.807) is 11.0 Å². The Morgan fingerprint density at radius 2 is 1.46 bits per heavy atom. The van der Waals surface area contributed by atoms with E-state index in [0.717, 1.165) is 49.1 Å². The summed E-state index contributed by atoms with van der Waals surface area (Å²) in [6.07, 6.45) is 34.5. The second-order valence-corrected chi connectivity index (χ2v) is 17.4. The molecule has 0 radical (unpaired) electrons. The molecule has 1 aromatic heterocycles. The molecular formula is C48H66FN5O6S. The highest BCUT2D eigenvalue weighted by molar-refractivity contribution is 7.92. The van der Waals surface area contributed by atoms with Crippen molar-refractivity contribution < 1.29 is 32.6 Å². The van der Waals surface area contributed by atoms with Crippen LogP contribution in [0.15, 0.2) is 103 Å². The molecule has 3 atom stereocenters. The summed E-state index contributed by atoms with van der Waals surface area (Å²) < 4.78 is 39.4. The number of anilines is 1. The van der Waals surface area contributed by atoms with Crippen molar-refractivity contribution in [2.75, 3.05) is 30.7 Å². The molecule has 332 valence electrons. The third-order valence-electron chi connectivity index (χ3n) is 9.85. The molecule has 1 aromatic carbocycles. The van der Waals surface area contributed by atoms with Gasteiger partial charge in [0, 0.05) is 50.1 Å². The number of nitrogens with zero attached hydrogens (tertiary/aromatic N) is 4. The number of amides is 2. The van der Waals surface area contributed by atoms with Gasteiger partial charge in [0.25, 0.3) is 0 Å². The van der Waals surface area contributed by atoms with Gasteiger partial charge >= 0.3 is 0 Å². The van der Waals surface area contributed by atoms with Gasteiger partial charge in [0.15, 0.2) is 0 Å². The number of aliphatic hydroxyl groups is 2. The number of likely N-dealkylation sites (tertiary alicyclic amines) is 1. The number of sulfonamides is 1. The summed E-state index contributed by atoms with van der Waals surface area (Å²) in [4.78, 5) is 36.4. The van der Waals surface area contributed by atoms with E-state index in [-0.39, 0.29) is 42.6 Å². The predicted octanol–water partition coefficient (Wildman–Crippen LogP) is 8.51. The highest BCUT2D eigenvalue weighted by Crippen LogP contribution is 2.32. The molecular weight excluding hydrogens is 794 g/mol. The van der Waals surface area contributed by atoms with Gasteiger partial charge < -0.3 is 20.4 Å². The lowest BCUT2D eigenvalue weighted by molar-refractivity contribution is -0.130. The number of nitrogens with one attached hydrogen (secondary N) is 1. The zero-order valence-electron chi connectivity index (χ0n) is 36.5. The van der Waals surface area contributed by atoms with E-state index in [1.165, 1.54) is 37.4 Å². The van der Waals surface area contributed by atoms with Gasteiger partial charge in [-0.1, -0.05) is 106 Å². The van der Waals surface area contributed by atoms with Crippen LogP contribution in [0.4, 0.5) is 10.3 Å². The average molecular weight is 860 g/mol. The molecule has 0 spiro atoms. The van der Waals surface area contributed by atoms with E-state index in [9.17, 15) is 32.6 Å². The lowest BCUT2D eigenvalue weighted by Crippen LogP contribution is -2.39. The molecule has 3 N–H and O–H groups in total. The van der Waals surface area contributed by atoms with E-state index >= 15 is 0 Å². The number of hydrogen-bond acceptors (Lipinski definition) is 8. The van der Waals surface area contributed by atoms with Crippen LogP contribution in [0.2, 0.25) is 0 Å². The highest BCUT2D eigenvalue weighted by Gasteiger charge is 2.28. The summed E-state index contributed by atoms with van der Waals surface area (Å²) >= 11 is 0. The van der Waals surface area contributed by atoms with Gasteiger partial charge in [-0.05, 0) is 81.5 Å². The zero-order valence-corrected chi connectivity index (χ0v) is 37.3. The molecule has 2 aromatic rings. The molecule has 1 fully saturated rings. The van der Waals surface area contributed by atoms with E-state index in [2.05, 4.69) is 89.0 Å². The minimum atomic E-state index is -3.69. The third kappa shape index (κ3) is 19.1. The summed E-state index contributed by atoms with van der Waals surface area (Å²) in [5, 5.41) is 24.5. The van der Waals surface area contributed by atoms with Crippen molar-refractivity contribution in [2.45, 2.75) is 116 Å². The fourth-order valence-corrected chi connectivity index (χ4v) is 6.83. The maximum Gasteiger partial charge on any atom is 0.239 e. The van der Waals surface area contributed by atoms with Crippen LogP contribution in [0.3, 0.4) is 0 Å². The quantitative estimate of drug-likeness (QED) is 0.0841. The first-order valence-corrected chi connectivity index (χ1v) is 23.2. The first-order valence-electron chi connectivity index (χ1n) is 21.3. The van der Waals surface area contributed by atoms with Gasteiger partial charge in [0.2, 0.25) is 27.8 Å². The van der Waals surface area contributed by atoms with Crippen LogP contribution >= 0.6 is 0 Å². The van der Waals surface area contributed by atoms with Crippen molar-refractivity contribution in [1.82, 2.24) is 20.2 Å². The first-order chi connectivity index (χ1) is 29.2. The summed E-state index contributed by atoms with van der Waals surface area (Å²) in [5.41, 5.74) is 1.85. The number of benzene rings is 1. The first kappa shape index (κ1) is 50.4. The van der Waals surface area contributed by atoms with Gasteiger partial charge in [-0.25, -0.2) is 27.1 Å². The minimum absolute atomic E-state index is 0.0388. The molecule has 1 saturated heterocycles. The number of halogens is 1. The number of aromatic nitrogens is 2. The van der Waals surface area contributed by atoms with Crippen molar-refractivity contribution in [3.63, 3.8) is 0 Å². The van der Waals surface area contributed by atoms with Crippen LogP contribution in [0.25, 0.3) is 17.3 Å². The molecule has 61 heavy (non-hydrogen) atoms. The maximum absolute atomic E-state index is 13.8. The van der Waals surface area contributed by atoms with Gasteiger partial charge in [0.05, 0.1) is 36.3 Å². The van der Waals surface area contributed by atoms with E-state index in [0.29, 0.717) is 54.9 Å². The number of rotatable bonds is 25. The molecule has 1 aliphatic heterocycles. The van der Waals surface area contributed by atoms with Crippen molar-refractivity contribution in [1.29, 1.82) is 0 Å². The molecule has 0 bridgehead atoms. The SMILES string of the molecule is CCC=CCC=CCC=CCC=CCC=CCC=CCCC(=O)N1CCC(NC(=O)CC(O)CC(O)C=Cc2c(-c3ccc(F)cc3)nc(N(C)S(C)(=O)=O)nc2C(C)C)C1. The Morgan fingerprint density at radius 1 is 0.902 bits per heavy atom. The van der Waals surface area contributed by atoms with Crippen LogP contribution in [-0.2, 0) is 19.6 Å². The maximum atomic E-state index is 13.8. The standard InChI is InChI=1S/C48H66FN5O6S/c1-6-7-8-9-10-11-12-13-14-15-16-17-18-19-20-21-22-23-24-25-45(58)54-33-32-40(36-54)50-44(57)35-42(56)34-41(55)30-31-43-46(37(2)3)51-48(53(4)61(5,59)60)52-47(43)38-26-28-39(49)29-27-38/h7-8,10-11,13-14,16-17,19-20,22-23,26-31,37,40-42,55-56H,6,9,12,15,18,21,24-25,32-36H2,1-5H3,(H,50,57). The van der Waals surface area contributed by atoms with E-state index in [1.807, 2.05) is 19.9 Å². The molecule has 2 heterocycles. The van der Waals surface area contributed by atoms with Crippen molar-refractivity contribution >= 4 is 33.9 Å². The molecule has 3 rings (SSSR count). The van der Waals surface area contributed by atoms with Crippen LogP contribution in [-0.4, -0.2) is 90.0 Å². The Balaban J connectivity index is 1.40. The number of aliphatic hydroxyl groups excluding tert-OH is 2. The Morgan fingerprint density at radius 3 is 2.00 bits per heavy atom. The van der Waals surface area contributed by atoms with Crippen LogP contribution in [0.1, 0.15) is 109 Å². The average Bonchev–Trinajstić information content (AvgIpc) is 3.68. The normalized spacial score (nSPS) is 16.3. The topological polar surface area (TPSA) is 153 Å². The molecule has 0 saturated carbocycles. The lowest BCUT2D eigenvalue weighted by Gasteiger charge is -2.20. The Labute approximate surface area is 363 Å². The fourth-order valence-electron chi connectivity index (χ4n) is 6.45. The molecule has 13 heteroatoms. The number of carbonyl (C=O) groups is 2. The van der Waals surface area contributed by atoms with Crippen LogP contribution < -0.4 is 9.62 Å². The van der Waals surface area contributed by atoms with E-state index in [4.69, 9.17) is 0 Å². The predicted molar refractivity (Wildman–Crippen MR) is 246 cm³/mol. The fraction of sp³-hybridized carbons (Fsp3) is 0.458. The zero-order chi connectivity index (χ0) is 44.6. The number of hydrogen-bond donors (Lipinski definition) is 3. The highest BCUT2D eigenvalue weighted by atomic mass is 32.2. The Bertz CT molecular complexity index is 2010. The third-order valence-corrected chi connectivity index (χ3v) is 11.0. The van der Waals surface area contributed by atoms with Gasteiger partial charge in [-0.15, -0.1) is 0 Å². The second kappa shape index (κ2) is 27.1. The number of carbonyl (C=O) groups excluding carboxylic acids is 2. The van der Waals surface area contributed by atoms with Crippen LogP contribution in [0, 0.1) is 5.82 Å². The molecule has 0 aliphatic carbocycles. The molecule has 3 unspecified atom stereocenters.